The molecule has 1 aromatic rings. The Balaban J connectivity index is 1.71. The van der Waals surface area contributed by atoms with Gasteiger partial charge in [0, 0.05) is 33.0 Å². The summed E-state index contributed by atoms with van der Waals surface area (Å²) < 4.78 is 0. The topological polar surface area (TPSA) is 78.5 Å². The second kappa shape index (κ2) is 8.65. The number of carbonyl (C=O) groups is 3. The fraction of sp³-hybridized carbons (Fsp3) is 0.526. The van der Waals surface area contributed by atoms with E-state index in [2.05, 4.69) is 22.8 Å². The Labute approximate surface area is 149 Å². The molecule has 6 heteroatoms. The SMILES string of the molecule is CC(=O)N[C@H](C(=O)NCCCC(=O)N1Cc2ccccc2C1)C(C)C. The molecule has 2 N–H and O–H groups in total. The van der Waals surface area contributed by atoms with Crippen LogP contribution in [-0.2, 0) is 27.5 Å². The van der Waals surface area contributed by atoms with Crippen molar-refractivity contribution in [2.24, 2.45) is 5.92 Å². The van der Waals surface area contributed by atoms with Crippen LogP contribution in [0.15, 0.2) is 24.3 Å². The number of carbonyl (C=O) groups excluding carboxylic acids is 3. The van der Waals surface area contributed by atoms with Crippen LogP contribution >= 0.6 is 0 Å². The van der Waals surface area contributed by atoms with Crippen molar-refractivity contribution in [1.29, 1.82) is 0 Å². The Morgan fingerprint density at radius 3 is 2.24 bits per heavy atom. The van der Waals surface area contributed by atoms with Gasteiger partial charge in [-0.25, -0.2) is 0 Å². The molecule has 2 rings (SSSR count). The Bertz CT molecular complexity index is 618. The van der Waals surface area contributed by atoms with Crippen LogP contribution in [0.1, 0.15) is 44.7 Å². The molecule has 1 atom stereocenters. The molecule has 1 aliphatic rings. The van der Waals surface area contributed by atoms with Gasteiger partial charge in [-0.05, 0) is 23.5 Å². The lowest BCUT2D eigenvalue weighted by molar-refractivity contribution is -0.132. The van der Waals surface area contributed by atoms with E-state index in [1.807, 2.05) is 30.9 Å². The number of hydrogen-bond donors (Lipinski definition) is 2. The Hall–Kier alpha value is -2.37. The van der Waals surface area contributed by atoms with Crippen LogP contribution in [0, 0.1) is 5.92 Å². The summed E-state index contributed by atoms with van der Waals surface area (Å²) in [4.78, 5) is 37.5. The van der Waals surface area contributed by atoms with Crippen LogP contribution in [0.25, 0.3) is 0 Å². The van der Waals surface area contributed by atoms with E-state index in [4.69, 9.17) is 0 Å². The molecule has 0 bridgehead atoms. The normalized spacial score (nSPS) is 14.2. The number of rotatable bonds is 7. The fourth-order valence-electron chi connectivity index (χ4n) is 2.98. The van der Waals surface area contributed by atoms with Gasteiger partial charge in [-0.1, -0.05) is 38.1 Å². The van der Waals surface area contributed by atoms with Crippen molar-refractivity contribution in [3.63, 3.8) is 0 Å². The van der Waals surface area contributed by atoms with Gasteiger partial charge in [-0.3, -0.25) is 14.4 Å². The van der Waals surface area contributed by atoms with E-state index in [0.717, 1.165) is 0 Å². The van der Waals surface area contributed by atoms with Gasteiger partial charge in [0.2, 0.25) is 17.7 Å². The summed E-state index contributed by atoms with van der Waals surface area (Å²) in [5, 5.41) is 5.47. The molecule has 0 saturated heterocycles. The van der Waals surface area contributed by atoms with Crippen LogP contribution in [0.5, 0.6) is 0 Å². The molecule has 0 aliphatic carbocycles. The van der Waals surface area contributed by atoms with E-state index < -0.39 is 6.04 Å². The third kappa shape index (κ3) is 5.31. The van der Waals surface area contributed by atoms with Gasteiger partial charge >= 0.3 is 0 Å². The minimum Gasteiger partial charge on any atom is -0.354 e. The predicted molar refractivity (Wildman–Crippen MR) is 95.4 cm³/mol. The van der Waals surface area contributed by atoms with E-state index in [1.54, 1.807) is 0 Å². The maximum Gasteiger partial charge on any atom is 0.242 e. The van der Waals surface area contributed by atoms with Gasteiger partial charge < -0.3 is 15.5 Å². The zero-order valence-electron chi connectivity index (χ0n) is 15.2. The van der Waals surface area contributed by atoms with Gasteiger partial charge in [0.1, 0.15) is 6.04 Å². The van der Waals surface area contributed by atoms with Crippen molar-refractivity contribution in [1.82, 2.24) is 15.5 Å². The number of nitrogens with zero attached hydrogens (tertiary/aromatic N) is 1. The lowest BCUT2D eigenvalue weighted by atomic mass is 10.0. The molecule has 1 heterocycles. The third-order valence-corrected chi connectivity index (χ3v) is 4.37. The Morgan fingerprint density at radius 1 is 1.12 bits per heavy atom. The van der Waals surface area contributed by atoms with E-state index in [0.29, 0.717) is 32.5 Å². The number of amides is 3. The van der Waals surface area contributed by atoms with E-state index in [9.17, 15) is 14.4 Å². The highest BCUT2D eigenvalue weighted by Crippen LogP contribution is 2.22. The van der Waals surface area contributed by atoms with Gasteiger partial charge in [-0.15, -0.1) is 0 Å². The summed E-state index contributed by atoms with van der Waals surface area (Å²) in [5.41, 5.74) is 2.42. The van der Waals surface area contributed by atoms with Crippen LogP contribution in [0.4, 0.5) is 0 Å². The van der Waals surface area contributed by atoms with Crippen molar-refractivity contribution >= 4 is 17.7 Å². The summed E-state index contributed by atoms with van der Waals surface area (Å²) in [6.07, 6.45) is 0.989. The van der Waals surface area contributed by atoms with Crippen molar-refractivity contribution < 1.29 is 14.4 Å². The lowest BCUT2D eigenvalue weighted by Crippen LogP contribution is -2.49. The smallest absolute Gasteiger partial charge is 0.242 e. The monoisotopic (exact) mass is 345 g/mol. The average Bonchev–Trinajstić information content (AvgIpc) is 3.00. The van der Waals surface area contributed by atoms with Gasteiger partial charge in [0.05, 0.1) is 0 Å². The van der Waals surface area contributed by atoms with E-state index in [-0.39, 0.29) is 23.6 Å². The maximum absolute atomic E-state index is 12.3. The maximum atomic E-state index is 12.3. The first-order chi connectivity index (χ1) is 11.9. The van der Waals surface area contributed by atoms with E-state index >= 15 is 0 Å². The quantitative estimate of drug-likeness (QED) is 0.737. The van der Waals surface area contributed by atoms with Crippen LogP contribution < -0.4 is 10.6 Å². The molecule has 0 saturated carbocycles. The minimum atomic E-state index is -0.540. The highest BCUT2D eigenvalue weighted by Gasteiger charge is 2.24. The highest BCUT2D eigenvalue weighted by molar-refractivity contribution is 5.87. The minimum absolute atomic E-state index is 0.00800. The largest absolute Gasteiger partial charge is 0.354 e. The summed E-state index contributed by atoms with van der Waals surface area (Å²) in [6, 6.07) is 7.54. The third-order valence-electron chi connectivity index (χ3n) is 4.37. The highest BCUT2D eigenvalue weighted by atomic mass is 16.2. The summed E-state index contributed by atoms with van der Waals surface area (Å²) in [5.74, 6) is -0.315. The molecule has 6 nitrogen and oxygen atoms in total. The molecule has 0 spiro atoms. The molecular formula is C19H27N3O3. The number of benzene rings is 1. The molecule has 0 radical (unpaired) electrons. The standard InChI is InChI=1S/C19H27N3O3/c1-13(2)18(21-14(3)23)19(25)20-10-6-9-17(24)22-11-15-7-4-5-8-16(15)12-22/h4-5,7-8,13,18H,6,9-12H2,1-3H3,(H,20,25)(H,21,23)/t18-/m0/s1. The second-order valence-electron chi connectivity index (χ2n) is 6.84. The predicted octanol–water partition coefficient (Wildman–Crippen LogP) is 1.59. The molecule has 0 fully saturated rings. The van der Waals surface area contributed by atoms with Crippen molar-refractivity contribution in [2.75, 3.05) is 6.54 Å². The van der Waals surface area contributed by atoms with Gasteiger partial charge in [0.25, 0.3) is 0 Å². The molecule has 0 unspecified atom stereocenters. The van der Waals surface area contributed by atoms with Crippen LogP contribution in [0.2, 0.25) is 0 Å². The van der Waals surface area contributed by atoms with Crippen molar-refractivity contribution in [3.8, 4) is 0 Å². The molecule has 1 aromatic carbocycles. The zero-order chi connectivity index (χ0) is 18.4. The van der Waals surface area contributed by atoms with E-state index in [1.165, 1.54) is 18.1 Å². The summed E-state index contributed by atoms with van der Waals surface area (Å²) in [6.45, 7) is 6.92. The summed E-state index contributed by atoms with van der Waals surface area (Å²) >= 11 is 0. The van der Waals surface area contributed by atoms with Crippen molar-refractivity contribution in [2.45, 2.75) is 52.7 Å². The number of fused-ring (bicyclic) bond motifs is 1. The summed E-state index contributed by atoms with van der Waals surface area (Å²) in [7, 11) is 0. The first kappa shape index (κ1) is 19.0. The lowest BCUT2D eigenvalue weighted by Gasteiger charge is -2.21. The molecule has 3 amide bonds. The van der Waals surface area contributed by atoms with Crippen molar-refractivity contribution in [3.05, 3.63) is 35.4 Å². The second-order valence-corrected chi connectivity index (χ2v) is 6.84. The molecule has 0 aromatic heterocycles. The first-order valence-electron chi connectivity index (χ1n) is 8.78. The molecule has 136 valence electrons. The molecular weight excluding hydrogens is 318 g/mol. The molecule has 25 heavy (non-hydrogen) atoms. The van der Waals surface area contributed by atoms with Crippen LogP contribution in [0.3, 0.4) is 0 Å². The first-order valence-corrected chi connectivity index (χ1v) is 8.78. The molecule has 1 aliphatic heterocycles. The van der Waals surface area contributed by atoms with Crippen LogP contribution in [-0.4, -0.2) is 35.2 Å². The number of nitrogens with one attached hydrogen (secondary N) is 2. The number of hydrogen-bond acceptors (Lipinski definition) is 3. The zero-order valence-corrected chi connectivity index (χ0v) is 15.2. The average molecular weight is 345 g/mol. The van der Waals surface area contributed by atoms with Gasteiger partial charge in [0.15, 0.2) is 0 Å². The Morgan fingerprint density at radius 2 is 1.72 bits per heavy atom. The Kier molecular flexibility index (Phi) is 6.56. The fourth-order valence-corrected chi connectivity index (χ4v) is 2.98. The van der Waals surface area contributed by atoms with Gasteiger partial charge in [-0.2, -0.15) is 0 Å².